The van der Waals surface area contributed by atoms with Crippen LogP contribution in [0.3, 0.4) is 0 Å². The lowest BCUT2D eigenvalue weighted by atomic mass is 10.1. The molecule has 4 rings (SSSR count). The van der Waals surface area contributed by atoms with Crippen LogP contribution in [0.25, 0.3) is 10.9 Å². The van der Waals surface area contributed by atoms with Crippen molar-refractivity contribution >= 4 is 44.5 Å². The molecule has 1 aromatic heterocycles. The number of anilines is 1. The van der Waals surface area contributed by atoms with Crippen molar-refractivity contribution in [1.82, 2.24) is 14.8 Å². The van der Waals surface area contributed by atoms with Gasteiger partial charge in [-0.05, 0) is 57.6 Å². The van der Waals surface area contributed by atoms with Crippen molar-refractivity contribution in [3.8, 4) is 0 Å². The second-order valence-corrected chi connectivity index (χ2v) is 10.4. The SMILES string of the molecule is CC(C)CN(CC(=O)N(CCc1c[nH]c2ccccc12)Cc1ccccc1)C(=O)Nc1ccccc1Br. The van der Waals surface area contributed by atoms with E-state index in [1.165, 1.54) is 10.9 Å². The molecule has 0 aliphatic heterocycles. The highest BCUT2D eigenvalue weighted by Gasteiger charge is 2.23. The smallest absolute Gasteiger partial charge is 0.322 e. The molecule has 0 unspecified atom stereocenters. The van der Waals surface area contributed by atoms with Gasteiger partial charge in [-0.1, -0.05) is 74.5 Å². The Morgan fingerprint density at radius 2 is 1.62 bits per heavy atom. The fraction of sp³-hybridized carbons (Fsp3) is 0.267. The first-order valence-corrected chi connectivity index (χ1v) is 13.4. The number of carbonyl (C=O) groups excluding carboxylic acids is 2. The first-order valence-electron chi connectivity index (χ1n) is 12.6. The second kappa shape index (κ2) is 12.6. The first-order chi connectivity index (χ1) is 17.9. The number of nitrogens with one attached hydrogen (secondary N) is 2. The quantitative estimate of drug-likeness (QED) is 0.227. The number of rotatable bonds is 10. The number of hydrogen-bond acceptors (Lipinski definition) is 2. The van der Waals surface area contributed by atoms with Gasteiger partial charge in [-0.2, -0.15) is 0 Å². The lowest BCUT2D eigenvalue weighted by Crippen LogP contribution is -2.46. The number of carbonyl (C=O) groups is 2. The molecule has 0 aliphatic carbocycles. The maximum Gasteiger partial charge on any atom is 0.322 e. The highest BCUT2D eigenvalue weighted by molar-refractivity contribution is 9.10. The summed E-state index contributed by atoms with van der Waals surface area (Å²) in [7, 11) is 0. The Labute approximate surface area is 226 Å². The Morgan fingerprint density at radius 3 is 2.38 bits per heavy atom. The van der Waals surface area contributed by atoms with E-state index in [0.29, 0.717) is 25.3 Å². The van der Waals surface area contributed by atoms with E-state index < -0.39 is 0 Å². The minimum atomic E-state index is -0.287. The summed E-state index contributed by atoms with van der Waals surface area (Å²) >= 11 is 3.48. The summed E-state index contributed by atoms with van der Waals surface area (Å²) < 4.78 is 0.795. The number of hydrogen-bond donors (Lipinski definition) is 2. The third-order valence-corrected chi connectivity index (χ3v) is 6.90. The van der Waals surface area contributed by atoms with Crippen molar-refractivity contribution in [3.63, 3.8) is 0 Å². The topological polar surface area (TPSA) is 68.4 Å². The molecule has 0 saturated heterocycles. The van der Waals surface area contributed by atoms with Gasteiger partial charge in [-0.15, -0.1) is 0 Å². The van der Waals surface area contributed by atoms with Gasteiger partial charge in [0.25, 0.3) is 0 Å². The summed E-state index contributed by atoms with van der Waals surface area (Å²) in [4.78, 5) is 33.7. The third kappa shape index (κ3) is 7.23. The molecule has 0 saturated carbocycles. The minimum Gasteiger partial charge on any atom is -0.361 e. The average molecular weight is 562 g/mol. The van der Waals surface area contributed by atoms with E-state index in [-0.39, 0.29) is 24.4 Å². The Kier molecular flexibility index (Phi) is 9.01. The number of aromatic amines is 1. The van der Waals surface area contributed by atoms with Crippen LogP contribution in [-0.4, -0.2) is 46.4 Å². The number of amides is 3. The summed E-state index contributed by atoms with van der Waals surface area (Å²) in [6.45, 7) is 5.61. The van der Waals surface area contributed by atoms with Gasteiger partial charge >= 0.3 is 6.03 Å². The Balaban J connectivity index is 1.51. The molecule has 0 bridgehead atoms. The number of para-hydroxylation sites is 2. The largest absolute Gasteiger partial charge is 0.361 e. The van der Waals surface area contributed by atoms with Crippen LogP contribution < -0.4 is 5.32 Å². The van der Waals surface area contributed by atoms with Crippen LogP contribution in [0.15, 0.2) is 89.5 Å². The van der Waals surface area contributed by atoms with Crippen LogP contribution in [0.1, 0.15) is 25.0 Å². The van der Waals surface area contributed by atoms with Crippen molar-refractivity contribution in [2.45, 2.75) is 26.8 Å². The zero-order valence-electron chi connectivity index (χ0n) is 21.3. The Morgan fingerprint density at radius 1 is 0.919 bits per heavy atom. The van der Waals surface area contributed by atoms with Gasteiger partial charge in [0.15, 0.2) is 0 Å². The van der Waals surface area contributed by atoms with Crippen molar-refractivity contribution in [2.75, 3.05) is 25.0 Å². The van der Waals surface area contributed by atoms with Gasteiger partial charge in [0.2, 0.25) is 5.91 Å². The molecule has 192 valence electrons. The lowest BCUT2D eigenvalue weighted by molar-refractivity contribution is -0.132. The normalized spacial score (nSPS) is 11.0. The molecule has 0 fully saturated rings. The molecule has 37 heavy (non-hydrogen) atoms. The first kappa shape index (κ1) is 26.5. The van der Waals surface area contributed by atoms with Gasteiger partial charge in [0.1, 0.15) is 6.54 Å². The van der Waals surface area contributed by atoms with Crippen LogP contribution in [0.2, 0.25) is 0 Å². The van der Waals surface area contributed by atoms with Crippen molar-refractivity contribution in [2.24, 2.45) is 5.92 Å². The molecule has 3 amide bonds. The lowest BCUT2D eigenvalue weighted by Gasteiger charge is -2.29. The molecule has 6 nitrogen and oxygen atoms in total. The van der Waals surface area contributed by atoms with Gasteiger partial charge in [0.05, 0.1) is 5.69 Å². The molecule has 0 atom stereocenters. The molecule has 7 heteroatoms. The zero-order valence-corrected chi connectivity index (χ0v) is 22.9. The molecule has 0 aliphatic rings. The minimum absolute atomic E-state index is 0.00911. The molecule has 1 heterocycles. The van der Waals surface area contributed by atoms with Gasteiger partial charge in [-0.3, -0.25) is 4.79 Å². The summed E-state index contributed by atoms with van der Waals surface area (Å²) in [5.41, 5.74) is 3.99. The number of H-pyrrole nitrogens is 1. The van der Waals surface area contributed by atoms with E-state index in [0.717, 1.165) is 22.0 Å². The van der Waals surface area contributed by atoms with Crippen LogP contribution in [-0.2, 0) is 17.8 Å². The molecule has 0 spiro atoms. The average Bonchev–Trinajstić information content (AvgIpc) is 3.31. The van der Waals surface area contributed by atoms with Crippen LogP contribution in [0.5, 0.6) is 0 Å². The monoisotopic (exact) mass is 560 g/mol. The van der Waals surface area contributed by atoms with Gasteiger partial charge in [0, 0.05) is 41.2 Å². The summed E-state index contributed by atoms with van der Waals surface area (Å²) in [6.07, 6.45) is 2.74. The highest BCUT2D eigenvalue weighted by atomic mass is 79.9. The number of benzene rings is 3. The molecule has 0 radical (unpaired) electrons. The third-order valence-electron chi connectivity index (χ3n) is 6.21. The summed E-state index contributed by atoms with van der Waals surface area (Å²) in [5, 5.41) is 4.12. The van der Waals surface area contributed by atoms with Crippen molar-refractivity contribution < 1.29 is 9.59 Å². The predicted molar refractivity (Wildman–Crippen MR) is 153 cm³/mol. The van der Waals surface area contributed by atoms with Crippen LogP contribution >= 0.6 is 15.9 Å². The fourth-order valence-corrected chi connectivity index (χ4v) is 4.75. The molecule has 2 N–H and O–H groups in total. The van der Waals surface area contributed by atoms with Crippen LogP contribution in [0.4, 0.5) is 10.5 Å². The summed E-state index contributed by atoms with van der Waals surface area (Å²) in [5.74, 6) is 0.137. The number of fused-ring (bicyclic) bond motifs is 1. The fourth-order valence-electron chi connectivity index (χ4n) is 4.37. The zero-order chi connectivity index (χ0) is 26.2. The van der Waals surface area contributed by atoms with Crippen molar-refractivity contribution in [3.05, 3.63) is 101 Å². The van der Waals surface area contributed by atoms with Crippen molar-refractivity contribution in [1.29, 1.82) is 0 Å². The standard InChI is InChI=1S/C30H33BrN4O2/c1-22(2)19-35(30(37)33-28-15-9-7-13-26(28)31)21-29(36)34(20-23-10-4-3-5-11-23)17-16-24-18-32-27-14-8-6-12-25(24)27/h3-15,18,22,32H,16-17,19-21H2,1-2H3,(H,33,37). The highest BCUT2D eigenvalue weighted by Crippen LogP contribution is 2.22. The van der Waals surface area contributed by atoms with E-state index in [4.69, 9.17) is 0 Å². The van der Waals surface area contributed by atoms with E-state index in [2.05, 4.69) is 38.4 Å². The van der Waals surface area contributed by atoms with Gasteiger partial charge < -0.3 is 20.1 Å². The van der Waals surface area contributed by atoms with Crippen LogP contribution in [0, 0.1) is 5.92 Å². The Bertz CT molecular complexity index is 1340. The molecular formula is C30H33BrN4O2. The number of aromatic nitrogens is 1. The second-order valence-electron chi connectivity index (χ2n) is 9.59. The Hall–Kier alpha value is -3.58. The van der Waals surface area contributed by atoms with Gasteiger partial charge in [-0.25, -0.2) is 4.79 Å². The molecule has 3 aromatic carbocycles. The molecular weight excluding hydrogens is 528 g/mol. The van der Waals surface area contributed by atoms with E-state index in [9.17, 15) is 9.59 Å². The number of nitrogens with zero attached hydrogens (tertiary/aromatic N) is 2. The number of halogens is 1. The number of urea groups is 1. The van der Waals surface area contributed by atoms with E-state index >= 15 is 0 Å². The molecule has 4 aromatic rings. The maximum atomic E-state index is 13.7. The predicted octanol–water partition coefficient (Wildman–Crippen LogP) is 6.69. The van der Waals surface area contributed by atoms with E-state index in [1.807, 2.05) is 91.7 Å². The maximum absolute atomic E-state index is 13.7. The van der Waals surface area contributed by atoms with E-state index in [1.54, 1.807) is 4.90 Å². The summed E-state index contributed by atoms with van der Waals surface area (Å²) in [6, 6.07) is 25.4.